The Bertz CT molecular complexity index is 308. The summed E-state index contributed by atoms with van der Waals surface area (Å²) in [6, 6.07) is 8.13. The van der Waals surface area contributed by atoms with Crippen molar-refractivity contribution in [2.45, 2.75) is 31.8 Å². The van der Waals surface area contributed by atoms with E-state index >= 15 is 0 Å². The molecule has 90 valence electrons. The second-order valence-electron chi connectivity index (χ2n) is 4.43. The molecule has 0 aromatic heterocycles. The summed E-state index contributed by atoms with van der Waals surface area (Å²) < 4.78 is 0. The molecular weight excluding hydrogens is 200 g/mol. The van der Waals surface area contributed by atoms with Gasteiger partial charge in [-0.25, -0.2) is 0 Å². The number of likely N-dealkylation sites (N-methyl/N-ethyl adjacent to an activating group) is 1. The molecule has 4 N–H and O–H groups in total. The van der Waals surface area contributed by atoms with Gasteiger partial charge in [-0.15, -0.1) is 0 Å². The highest BCUT2D eigenvalue weighted by Gasteiger charge is 2.16. The molecule has 0 radical (unpaired) electrons. The van der Waals surface area contributed by atoms with E-state index in [2.05, 4.69) is 43.4 Å². The van der Waals surface area contributed by atoms with Gasteiger partial charge in [-0.3, -0.25) is 0 Å². The van der Waals surface area contributed by atoms with E-state index in [-0.39, 0.29) is 18.7 Å². The first-order valence-electron chi connectivity index (χ1n) is 5.73. The molecule has 0 aliphatic heterocycles. The smallest absolute Gasteiger partial charge is 0.0601 e. The maximum Gasteiger partial charge on any atom is 0.0601 e. The van der Waals surface area contributed by atoms with Crippen LogP contribution in [-0.4, -0.2) is 24.8 Å². The summed E-state index contributed by atoms with van der Waals surface area (Å²) in [5, 5.41) is 12.2. The molecule has 0 fully saturated rings. The third kappa shape index (κ3) is 3.04. The van der Waals surface area contributed by atoms with Crippen molar-refractivity contribution in [2.75, 3.05) is 13.7 Å². The molecule has 0 spiro atoms. The second kappa shape index (κ2) is 5.99. The van der Waals surface area contributed by atoms with Crippen LogP contribution in [0.4, 0.5) is 0 Å². The summed E-state index contributed by atoms with van der Waals surface area (Å²) in [7, 11) is 1.86. The highest BCUT2D eigenvalue weighted by Crippen LogP contribution is 2.19. The molecule has 0 saturated heterocycles. The maximum absolute atomic E-state index is 9.08. The SMILES string of the molecule is CNC(c1ccc(C(C)C)cc1)C(N)CO. The number of hydrogen-bond acceptors (Lipinski definition) is 3. The van der Waals surface area contributed by atoms with Crippen LogP contribution in [0.2, 0.25) is 0 Å². The van der Waals surface area contributed by atoms with Gasteiger partial charge < -0.3 is 16.2 Å². The monoisotopic (exact) mass is 222 g/mol. The first-order valence-corrected chi connectivity index (χ1v) is 5.73. The summed E-state index contributed by atoms with van der Waals surface area (Å²) in [5.41, 5.74) is 8.28. The lowest BCUT2D eigenvalue weighted by atomic mass is 9.96. The fourth-order valence-corrected chi connectivity index (χ4v) is 1.82. The van der Waals surface area contributed by atoms with Crippen LogP contribution in [-0.2, 0) is 0 Å². The molecule has 0 aliphatic carbocycles. The van der Waals surface area contributed by atoms with Gasteiger partial charge in [0, 0.05) is 12.1 Å². The predicted octanol–water partition coefficient (Wildman–Crippen LogP) is 1.39. The van der Waals surface area contributed by atoms with Gasteiger partial charge in [0.05, 0.1) is 6.61 Å². The van der Waals surface area contributed by atoms with Crippen molar-refractivity contribution in [2.24, 2.45) is 5.73 Å². The minimum absolute atomic E-state index is 0.00575. The van der Waals surface area contributed by atoms with Gasteiger partial charge in [0.15, 0.2) is 0 Å². The molecule has 1 rings (SSSR count). The molecule has 1 aromatic carbocycles. The van der Waals surface area contributed by atoms with Crippen LogP contribution in [0, 0.1) is 0 Å². The molecule has 0 bridgehead atoms. The minimum Gasteiger partial charge on any atom is -0.395 e. The number of nitrogens with one attached hydrogen (secondary N) is 1. The average Bonchev–Trinajstić information content (AvgIpc) is 2.30. The fourth-order valence-electron chi connectivity index (χ4n) is 1.82. The first kappa shape index (κ1) is 13.2. The summed E-state index contributed by atoms with van der Waals surface area (Å²) in [4.78, 5) is 0. The van der Waals surface area contributed by atoms with Gasteiger partial charge in [0.25, 0.3) is 0 Å². The Balaban J connectivity index is 2.86. The van der Waals surface area contributed by atoms with E-state index in [4.69, 9.17) is 10.8 Å². The van der Waals surface area contributed by atoms with Crippen molar-refractivity contribution in [1.29, 1.82) is 0 Å². The number of aliphatic hydroxyl groups is 1. The molecule has 0 saturated carbocycles. The van der Waals surface area contributed by atoms with Crippen molar-refractivity contribution in [1.82, 2.24) is 5.32 Å². The van der Waals surface area contributed by atoms with Gasteiger partial charge in [-0.1, -0.05) is 38.1 Å². The van der Waals surface area contributed by atoms with Crippen LogP contribution in [0.1, 0.15) is 36.9 Å². The zero-order valence-electron chi connectivity index (χ0n) is 10.3. The highest BCUT2D eigenvalue weighted by molar-refractivity contribution is 5.27. The van der Waals surface area contributed by atoms with E-state index in [1.54, 1.807) is 0 Å². The van der Waals surface area contributed by atoms with Crippen LogP contribution >= 0.6 is 0 Å². The van der Waals surface area contributed by atoms with Gasteiger partial charge >= 0.3 is 0 Å². The zero-order chi connectivity index (χ0) is 12.1. The van der Waals surface area contributed by atoms with Crippen LogP contribution in [0.5, 0.6) is 0 Å². The first-order chi connectivity index (χ1) is 7.60. The second-order valence-corrected chi connectivity index (χ2v) is 4.43. The zero-order valence-corrected chi connectivity index (χ0v) is 10.3. The molecule has 16 heavy (non-hydrogen) atoms. The number of rotatable bonds is 5. The Morgan fingerprint density at radius 3 is 2.06 bits per heavy atom. The Morgan fingerprint density at radius 2 is 1.69 bits per heavy atom. The van der Waals surface area contributed by atoms with Crippen LogP contribution < -0.4 is 11.1 Å². The standard InChI is InChI=1S/C13H22N2O/c1-9(2)10-4-6-11(7-5-10)13(15-3)12(14)8-16/h4-7,9,12-13,15-16H,8,14H2,1-3H3. The topological polar surface area (TPSA) is 58.3 Å². The van der Waals surface area contributed by atoms with Gasteiger partial charge in [0.1, 0.15) is 0 Å². The lowest BCUT2D eigenvalue weighted by molar-refractivity contribution is 0.240. The van der Waals surface area contributed by atoms with E-state index in [1.807, 2.05) is 7.05 Å². The normalized spacial score (nSPS) is 15.1. The summed E-state index contributed by atoms with van der Waals surface area (Å²) in [6.45, 7) is 4.32. The third-order valence-electron chi connectivity index (χ3n) is 2.91. The van der Waals surface area contributed by atoms with E-state index in [9.17, 15) is 0 Å². The summed E-state index contributed by atoms with van der Waals surface area (Å²) >= 11 is 0. The Morgan fingerprint density at radius 1 is 1.19 bits per heavy atom. The maximum atomic E-state index is 9.08. The van der Waals surface area contributed by atoms with Crippen molar-refractivity contribution in [3.8, 4) is 0 Å². The van der Waals surface area contributed by atoms with E-state index in [0.717, 1.165) is 5.56 Å². The lowest BCUT2D eigenvalue weighted by Gasteiger charge is -2.22. The quantitative estimate of drug-likeness (QED) is 0.705. The molecule has 0 aliphatic rings. The van der Waals surface area contributed by atoms with Crippen molar-refractivity contribution < 1.29 is 5.11 Å². The van der Waals surface area contributed by atoms with Crippen molar-refractivity contribution >= 4 is 0 Å². The number of hydrogen-bond donors (Lipinski definition) is 3. The van der Waals surface area contributed by atoms with Crippen molar-refractivity contribution in [3.63, 3.8) is 0 Å². The Labute approximate surface area is 97.7 Å². The summed E-state index contributed by atoms with van der Waals surface area (Å²) in [6.07, 6.45) is 0. The molecule has 3 heteroatoms. The van der Waals surface area contributed by atoms with Crippen LogP contribution in [0.25, 0.3) is 0 Å². The molecule has 2 unspecified atom stereocenters. The predicted molar refractivity (Wildman–Crippen MR) is 67.4 cm³/mol. The van der Waals surface area contributed by atoms with Gasteiger partial charge in [0.2, 0.25) is 0 Å². The molecular formula is C13H22N2O. The molecule has 3 nitrogen and oxygen atoms in total. The van der Waals surface area contributed by atoms with Gasteiger partial charge in [-0.2, -0.15) is 0 Å². The highest BCUT2D eigenvalue weighted by atomic mass is 16.3. The van der Waals surface area contributed by atoms with E-state index < -0.39 is 0 Å². The van der Waals surface area contributed by atoms with Crippen LogP contribution in [0.15, 0.2) is 24.3 Å². The molecule has 0 amide bonds. The number of benzene rings is 1. The van der Waals surface area contributed by atoms with Crippen molar-refractivity contribution in [3.05, 3.63) is 35.4 Å². The van der Waals surface area contributed by atoms with E-state index in [1.165, 1.54) is 5.56 Å². The molecule has 2 atom stereocenters. The third-order valence-corrected chi connectivity index (χ3v) is 2.91. The number of aliphatic hydroxyl groups excluding tert-OH is 1. The number of nitrogens with two attached hydrogens (primary N) is 1. The minimum atomic E-state index is -0.269. The fraction of sp³-hybridized carbons (Fsp3) is 0.538. The summed E-state index contributed by atoms with van der Waals surface area (Å²) in [5.74, 6) is 0.536. The molecule has 0 heterocycles. The Hall–Kier alpha value is -0.900. The molecule has 1 aromatic rings. The lowest BCUT2D eigenvalue weighted by Crippen LogP contribution is -2.38. The Kier molecular flexibility index (Phi) is 4.93. The van der Waals surface area contributed by atoms with Gasteiger partial charge in [-0.05, 0) is 24.1 Å². The van der Waals surface area contributed by atoms with E-state index in [0.29, 0.717) is 5.92 Å². The largest absolute Gasteiger partial charge is 0.395 e. The van der Waals surface area contributed by atoms with Crippen LogP contribution in [0.3, 0.4) is 0 Å². The average molecular weight is 222 g/mol.